The highest BCUT2D eigenvalue weighted by molar-refractivity contribution is 5.78. The van der Waals surface area contributed by atoms with Crippen LogP contribution < -0.4 is 4.74 Å². The van der Waals surface area contributed by atoms with Crippen molar-refractivity contribution in [1.82, 2.24) is 14.9 Å². The summed E-state index contributed by atoms with van der Waals surface area (Å²) in [4.78, 5) is 31.2. The average molecular weight is 348 g/mol. The highest BCUT2D eigenvalue weighted by Gasteiger charge is 2.31. The topological polar surface area (TPSA) is 111 Å². The van der Waals surface area contributed by atoms with Crippen LogP contribution >= 0.6 is 0 Å². The zero-order chi connectivity index (χ0) is 18.2. The van der Waals surface area contributed by atoms with Gasteiger partial charge in [0, 0.05) is 25.1 Å². The third kappa shape index (κ3) is 3.98. The molecule has 9 heteroatoms. The number of nitro benzene ring substituents is 1. The number of rotatable bonds is 3. The number of ether oxygens (including phenoxy) is 2. The van der Waals surface area contributed by atoms with Crippen molar-refractivity contribution in [2.45, 2.75) is 38.9 Å². The molecule has 2 aromatic rings. The van der Waals surface area contributed by atoms with Crippen LogP contribution in [0.5, 0.6) is 6.01 Å². The zero-order valence-electron chi connectivity index (χ0n) is 14.3. The number of aromatic nitrogens is 2. The lowest BCUT2D eigenvalue weighted by Crippen LogP contribution is -2.36. The fourth-order valence-electron chi connectivity index (χ4n) is 2.62. The Morgan fingerprint density at radius 1 is 1.44 bits per heavy atom. The molecule has 1 amide bonds. The van der Waals surface area contributed by atoms with E-state index < -0.39 is 10.5 Å². The van der Waals surface area contributed by atoms with Gasteiger partial charge in [-0.25, -0.2) is 4.79 Å². The van der Waals surface area contributed by atoms with Gasteiger partial charge in [0.1, 0.15) is 11.7 Å². The number of carbonyl (C=O) groups excluding carboxylic acids is 1. The molecule has 3 rings (SSSR count). The molecule has 0 radical (unpaired) electrons. The lowest BCUT2D eigenvalue weighted by molar-refractivity contribution is -0.384. The molecule has 134 valence electrons. The predicted octanol–water partition coefficient (Wildman–Crippen LogP) is 2.86. The van der Waals surface area contributed by atoms with Crippen molar-refractivity contribution in [1.29, 1.82) is 0 Å². The van der Waals surface area contributed by atoms with Gasteiger partial charge in [-0.2, -0.15) is 4.98 Å². The summed E-state index contributed by atoms with van der Waals surface area (Å²) in [5.74, 6) is 0. The van der Waals surface area contributed by atoms with Gasteiger partial charge in [0.15, 0.2) is 0 Å². The Hall–Kier alpha value is -2.84. The number of nitro groups is 1. The Morgan fingerprint density at radius 2 is 2.20 bits per heavy atom. The summed E-state index contributed by atoms with van der Waals surface area (Å²) in [6, 6.07) is 4.66. The molecule has 0 aliphatic carbocycles. The quantitative estimate of drug-likeness (QED) is 0.674. The number of likely N-dealkylation sites (tertiary alicyclic amines) is 1. The zero-order valence-corrected chi connectivity index (χ0v) is 14.3. The molecule has 1 aliphatic rings. The number of aromatic amines is 1. The standard InChI is InChI=1S/C16H20N4O5/c1-16(2,3)25-15(21)19-7-6-11(9-19)24-14-17-12-5-4-10(20(22)23)8-13(12)18-14/h4-5,8,11H,6-7,9H2,1-3H3,(H,17,18)/t11-/m1/s1. The highest BCUT2D eigenvalue weighted by Crippen LogP contribution is 2.24. The number of nitrogens with zero attached hydrogens (tertiary/aromatic N) is 3. The molecule has 0 bridgehead atoms. The molecular formula is C16H20N4O5. The van der Waals surface area contributed by atoms with E-state index in [1.807, 2.05) is 20.8 Å². The molecule has 1 aromatic heterocycles. The smallest absolute Gasteiger partial charge is 0.410 e. The van der Waals surface area contributed by atoms with Crippen LogP contribution in [0.15, 0.2) is 18.2 Å². The van der Waals surface area contributed by atoms with E-state index in [1.165, 1.54) is 12.1 Å². The number of fused-ring (bicyclic) bond motifs is 1. The first-order chi connectivity index (χ1) is 11.7. The van der Waals surface area contributed by atoms with Crippen LogP contribution in [-0.4, -0.2) is 50.7 Å². The van der Waals surface area contributed by atoms with Crippen molar-refractivity contribution in [3.05, 3.63) is 28.3 Å². The summed E-state index contributed by atoms with van der Waals surface area (Å²) in [7, 11) is 0. The van der Waals surface area contributed by atoms with E-state index in [2.05, 4.69) is 9.97 Å². The Labute approximate surface area is 144 Å². The maximum absolute atomic E-state index is 12.1. The van der Waals surface area contributed by atoms with Gasteiger partial charge in [-0.1, -0.05) is 0 Å². The predicted molar refractivity (Wildman–Crippen MR) is 89.6 cm³/mol. The molecule has 25 heavy (non-hydrogen) atoms. The van der Waals surface area contributed by atoms with Gasteiger partial charge >= 0.3 is 6.09 Å². The summed E-state index contributed by atoms with van der Waals surface area (Å²) in [5.41, 5.74) is 0.567. The number of H-pyrrole nitrogens is 1. The number of hydrogen-bond acceptors (Lipinski definition) is 6. The summed E-state index contributed by atoms with van der Waals surface area (Å²) < 4.78 is 11.1. The van der Waals surface area contributed by atoms with E-state index in [4.69, 9.17) is 9.47 Å². The van der Waals surface area contributed by atoms with Crippen LogP contribution in [-0.2, 0) is 4.74 Å². The molecule has 1 atom stereocenters. The summed E-state index contributed by atoms with van der Waals surface area (Å²) >= 11 is 0. The Kier molecular flexibility index (Phi) is 4.23. The van der Waals surface area contributed by atoms with Crippen LogP contribution in [0.25, 0.3) is 11.0 Å². The molecular weight excluding hydrogens is 328 g/mol. The van der Waals surface area contributed by atoms with Crippen molar-refractivity contribution < 1.29 is 19.2 Å². The van der Waals surface area contributed by atoms with Crippen LogP contribution in [0.2, 0.25) is 0 Å². The first kappa shape index (κ1) is 17.0. The lowest BCUT2D eigenvalue weighted by atomic mass is 10.2. The third-order valence-electron chi connectivity index (χ3n) is 3.73. The van der Waals surface area contributed by atoms with Crippen molar-refractivity contribution in [3.8, 4) is 6.01 Å². The molecule has 1 fully saturated rings. The van der Waals surface area contributed by atoms with E-state index in [-0.39, 0.29) is 23.9 Å². The minimum atomic E-state index is -0.538. The molecule has 1 aromatic carbocycles. The maximum Gasteiger partial charge on any atom is 0.410 e. The Bertz CT molecular complexity index is 810. The van der Waals surface area contributed by atoms with Crippen LogP contribution in [0.3, 0.4) is 0 Å². The Morgan fingerprint density at radius 3 is 2.88 bits per heavy atom. The second kappa shape index (κ2) is 6.23. The minimum Gasteiger partial charge on any atom is -0.460 e. The van der Waals surface area contributed by atoms with Gasteiger partial charge in [0.25, 0.3) is 11.7 Å². The first-order valence-corrected chi connectivity index (χ1v) is 8.00. The van der Waals surface area contributed by atoms with Crippen LogP contribution in [0.4, 0.5) is 10.5 Å². The number of amides is 1. The summed E-state index contributed by atoms with van der Waals surface area (Å²) in [6.45, 7) is 6.42. The van der Waals surface area contributed by atoms with E-state index in [0.29, 0.717) is 30.5 Å². The van der Waals surface area contributed by atoms with Gasteiger partial charge < -0.3 is 19.4 Å². The number of benzene rings is 1. The lowest BCUT2D eigenvalue weighted by Gasteiger charge is -2.24. The molecule has 0 saturated carbocycles. The van der Waals surface area contributed by atoms with Crippen molar-refractivity contribution in [2.24, 2.45) is 0 Å². The third-order valence-corrected chi connectivity index (χ3v) is 3.73. The van der Waals surface area contributed by atoms with E-state index in [1.54, 1.807) is 11.0 Å². The maximum atomic E-state index is 12.1. The molecule has 1 aliphatic heterocycles. The second-order valence-electron chi connectivity index (χ2n) is 6.96. The summed E-state index contributed by atoms with van der Waals surface area (Å²) in [5, 5.41) is 10.8. The largest absolute Gasteiger partial charge is 0.460 e. The highest BCUT2D eigenvalue weighted by atomic mass is 16.6. The monoisotopic (exact) mass is 348 g/mol. The first-order valence-electron chi connectivity index (χ1n) is 8.00. The number of non-ortho nitro benzene ring substituents is 1. The molecule has 2 heterocycles. The fourth-order valence-corrected chi connectivity index (χ4v) is 2.62. The van der Waals surface area contributed by atoms with Gasteiger partial charge in [-0.05, 0) is 26.8 Å². The van der Waals surface area contributed by atoms with Crippen molar-refractivity contribution in [2.75, 3.05) is 13.1 Å². The Balaban J connectivity index is 1.64. The van der Waals surface area contributed by atoms with Crippen molar-refractivity contribution in [3.63, 3.8) is 0 Å². The van der Waals surface area contributed by atoms with Crippen molar-refractivity contribution >= 4 is 22.8 Å². The molecule has 0 unspecified atom stereocenters. The van der Waals surface area contributed by atoms with Crippen LogP contribution in [0.1, 0.15) is 27.2 Å². The second-order valence-corrected chi connectivity index (χ2v) is 6.96. The van der Waals surface area contributed by atoms with Gasteiger partial charge in [0.2, 0.25) is 0 Å². The van der Waals surface area contributed by atoms with E-state index >= 15 is 0 Å². The number of carbonyl (C=O) groups is 1. The van der Waals surface area contributed by atoms with Gasteiger partial charge in [-0.3, -0.25) is 10.1 Å². The fraction of sp³-hybridized carbons (Fsp3) is 0.500. The van der Waals surface area contributed by atoms with Gasteiger partial charge in [0.05, 0.1) is 22.5 Å². The van der Waals surface area contributed by atoms with Gasteiger partial charge in [-0.15, -0.1) is 0 Å². The molecule has 0 spiro atoms. The molecule has 9 nitrogen and oxygen atoms in total. The average Bonchev–Trinajstić information content (AvgIpc) is 3.11. The van der Waals surface area contributed by atoms with Crippen LogP contribution in [0, 0.1) is 10.1 Å². The SMILES string of the molecule is CC(C)(C)OC(=O)N1CC[C@@H](Oc2nc3ccc([N+](=O)[O-])cc3[nH]2)C1. The number of hydrogen-bond donors (Lipinski definition) is 1. The van der Waals surface area contributed by atoms with E-state index in [9.17, 15) is 14.9 Å². The minimum absolute atomic E-state index is 0.0142. The summed E-state index contributed by atoms with van der Waals surface area (Å²) in [6.07, 6.45) is 0.0954. The van der Waals surface area contributed by atoms with E-state index in [0.717, 1.165) is 0 Å². The normalized spacial score (nSPS) is 17.7. The molecule has 1 saturated heterocycles. The number of nitrogens with one attached hydrogen (secondary N) is 1. The molecule has 1 N–H and O–H groups in total. The number of imidazole rings is 1.